The SMILES string of the molecule is CCN(CC)S(=O)(=O)c1cc(C(=O)Nc2nc3ccccc3n2C2CCCCC2)ccc1OC. The Labute approximate surface area is 201 Å². The van der Waals surface area contributed by atoms with E-state index in [0.717, 1.165) is 36.7 Å². The fraction of sp³-hybridized carbons (Fsp3) is 0.440. The minimum atomic E-state index is -3.81. The summed E-state index contributed by atoms with van der Waals surface area (Å²) < 4.78 is 35.1. The number of anilines is 1. The Morgan fingerprint density at radius 3 is 2.50 bits per heavy atom. The summed E-state index contributed by atoms with van der Waals surface area (Å²) in [5.74, 6) is 0.283. The molecule has 9 heteroatoms. The summed E-state index contributed by atoms with van der Waals surface area (Å²) in [6.07, 6.45) is 5.60. The number of fused-ring (bicyclic) bond motifs is 1. The molecule has 8 nitrogen and oxygen atoms in total. The van der Waals surface area contributed by atoms with E-state index in [-0.39, 0.29) is 22.3 Å². The van der Waals surface area contributed by atoms with Gasteiger partial charge in [-0.25, -0.2) is 13.4 Å². The number of ether oxygens (including phenoxy) is 1. The first-order valence-corrected chi connectivity index (χ1v) is 13.3. The van der Waals surface area contributed by atoms with E-state index >= 15 is 0 Å². The zero-order valence-corrected chi connectivity index (χ0v) is 20.8. The highest BCUT2D eigenvalue weighted by Crippen LogP contribution is 2.34. The Morgan fingerprint density at radius 1 is 1.12 bits per heavy atom. The fourth-order valence-electron chi connectivity index (χ4n) is 4.74. The van der Waals surface area contributed by atoms with E-state index in [1.165, 1.54) is 30.0 Å². The van der Waals surface area contributed by atoms with Crippen molar-refractivity contribution in [1.82, 2.24) is 13.9 Å². The van der Waals surface area contributed by atoms with Crippen LogP contribution in [0.25, 0.3) is 11.0 Å². The molecule has 0 atom stereocenters. The van der Waals surface area contributed by atoms with Gasteiger partial charge >= 0.3 is 0 Å². The molecule has 0 bridgehead atoms. The van der Waals surface area contributed by atoms with Crippen molar-refractivity contribution in [2.24, 2.45) is 0 Å². The van der Waals surface area contributed by atoms with E-state index in [4.69, 9.17) is 9.72 Å². The number of methoxy groups -OCH3 is 1. The number of rotatable bonds is 8. The van der Waals surface area contributed by atoms with Crippen molar-refractivity contribution < 1.29 is 17.9 Å². The van der Waals surface area contributed by atoms with Gasteiger partial charge in [0.15, 0.2) is 0 Å². The molecular formula is C25H32N4O4S. The number of aromatic nitrogens is 2. The van der Waals surface area contributed by atoms with E-state index < -0.39 is 15.9 Å². The van der Waals surface area contributed by atoms with Crippen molar-refractivity contribution in [3.05, 3.63) is 48.0 Å². The second-order valence-electron chi connectivity index (χ2n) is 8.50. The maximum Gasteiger partial charge on any atom is 0.258 e. The summed E-state index contributed by atoms with van der Waals surface area (Å²) in [5.41, 5.74) is 2.04. The third kappa shape index (κ3) is 4.54. The lowest BCUT2D eigenvalue weighted by Gasteiger charge is -2.25. The van der Waals surface area contributed by atoms with Gasteiger partial charge in [0, 0.05) is 24.7 Å². The number of hydrogen-bond acceptors (Lipinski definition) is 5. The molecule has 0 saturated heterocycles. The van der Waals surface area contributed by atoms with Gasteiger partial charge in [0.2, 0.25) is 16.0 Å². The van der Waals surface area contributed by atoms with Gasteiger partial charge in [-0.2, -0.15) is 4.31 Å². The lowest BCUT2D eigenvalue weighted by atomic mass is 9.95. The summed E-state index contributed by atoms with van der Waals surface area (Å²) in [6.45, 7) is 4.20. The fourth-order valence-corrected chi connectivity index (χ4v) is 6.38. The van der Waals surface area contributed by atoms with Gasteiger partial charge in [0.1, 0.15) is 10.6 Å². The summed E-state index contributed by atoms with van der Waals surface area (Å²) in [4.78, 5) is 18.0. The number of nitrogens with one attached hydrogen (secondary N) is 1. The molecule has 0 radical (unpaired) electrons. The average Bonchev–Trinajstić information content (AvgIpc) is 3.22. The zero-order valence-electron chi connectivity index (χ0n) is 20.0. The molecule has 1 aliphatic rings. The number of carbonyl (C=O) groups excluding carboxylic acids is 1. The van der Waals surface area contributed by atoms with Crippen molar-refractivity contribution in [2.45, 2.75) is 56.9 Å². The van der Waals surface area contributed by atoms with Gasteiger partial charge < -0.3 is 9.30 Å². The summed E-state index contributed by atoms with van der Waals surface area (Å²) in [6, 6.07) is 12.6. The molecule has 1 N–H and O–H groups in total. The first kappa shape index (κ1) is 24.2. The monoisotopic (exact) mass is 484 g/mol. The van der Waals surface area contributed by atoms with Gasteiger partial charge in [0.25, 0.3) is 5.91 Å². The second-order valence-corrected chi connectivity index (χ2v) is 10.4. The first-order chi connectivity index (χ1) is 16.4. The lowest BCUT2D eigenvalue weighted by molar-refractivity contribution is 0.102. The minimum Gasteiger partial charge on any atom is -0.495 e. The van der Waals surface area contributed by atoms with Crippen LogP contribution in [0, 0.1) is 0 Å². The van der Waals surface area contributed by atoms with Crippen molar-refractivity contribution in [3.63, 3.8) is 0 Å². The number of hydrogen-bond donors (Lipinski definition) is 1. The Kier molecular flexibility index (Phi) is 7.23. The molecule has 0 unspecified atom stereocenters. The Bertz CT molecular complexity index is 1280. The standard InChI is InChI=1S/C25H32N4O4S/c1-4-28(5-2)34(31,32)23-17-18(15-16-22(23)33-3)24(30)27-25-26-20-13-9-10-14-21(20)29(25)19-11-7-6-8-12-19/h9-10,13-17,19H,4-8,11-12H2,1-3H3,(H,26,27,30). The number of imidazole rings is 1. The topological polar surface area (TPSA) is 93.5 Å². The number of amides is 1. The third-order valence-corrected chi connectivity index (χ3v) is 8.58. The number of carbonyl (C=O) groups is 1. The molecule has 182 valence electrons. The van der Waals surface area contributed by atoms with Gasteiger partial charge in [-0.15, -0.1) is 0 Å². The van der Waals surface area contributed by atoms with Gasteiger partial charge in [-0.1, -0.05) is 45.2 Å². The minimum absolute atomic E-state index is 0.0212. The maximum absolute atomic E-state index is 13.3. The van der Waals surface area contributed by atoms with Crippen LogP contribution >= 0.6 is 0 Å². The van der Waals surface area contributed by atoms with Crippen LogP contribution in [0.15, 0.2) is 47.4 Å². The molecule has 1 saturated carbocycles. The Balaban J connectivity index is 1.71. The highest BCUT2D eigenvalue weighted by Gasteiger charge is 2.28. The molecule has 34 heavy (non-hydrogen) atoms. The molecule has 1 heterocycles. The normalized spacial score (nSPS) is 15.1. The molecule has 1 aromatic heterocycles. The smallest absolute Gasteiger partial charge is 0.258 e. The molecule has 4 rings (SSSR count). The van der Waals surface area contributed by atoms with Crippen molar-refractivity contribution in [1.29, 1.82) is 0 Å². The Morgan fingerprint density at radius 2 is 1.82 bits per heavy atom. The molecule has 0 spiro atoms. The summed E-state index contributed by atoms with van der Waals surface area (Å²) >= 11 is 0. The molecule has 3 aromatic rings. The van der Waals surface area contributed by atoms with Crippen LogP contribution in [0.3, 0.4) is 0 Å². The van der Waals surface area contributed by atoms with Crippen LogP contribution in [0.1, 0.15) is 62.4 Å². The predicted octanol–water partition coefficient (Wildman–Crippen LogP) is 4.83. The van der Waals surface area contributed by atoms with Crippen molar-refractivity contribution >= 4 is 32.9 Å². The highest BCUT2D eigenvalue weighted by atomic mass is 32.2. The van der Waals surface area contributed by atoms with Gasteiger partial charge in [-0.05, 0) is 43.2 Å². The summed E-state index contributed by atoms with van der Waals surface area (Å²) in [5, 5.41) is 2.95. The summed E-state index contributed by atoms with van der Waals surface area (Å²) in [7, 11) is -2.39. The predicted molar refractivity (Wildman–Crippen MR) is 133 cm³/mol. The number of benzene rings is 2. The third-order valence-electron chi connectivity index (χ3n) is 6.51. The van der Waals surface area contributed by atoms with Crippen LogP contribution in [0.4, 0.5) is 5.95 Å². The van der Waals surface area contributed by atoms with E-state index in [9.17, 15) is 13.2 Å². The highest BCUT2D eigenvalue weighted by molar-refractivity contribution is 7.89. The van der Waals surface area contributed by atoms with E-state index in [1.807, 2.05) is 24.3 Å². The molecule has 0 aliphatic heterocycles. The largest absolute Gasteiger partial charge is 0.495 e. The molecule has 1 aliphatic carbocycles. The lowest BCUT2D eigenvalue weighted by Crippen LogP contribution is -2.31. The average molecular weight is 485 g/mol. The zero-order chi connectivity index (χ0) is 24.3. The quantitative estimate of drug-likeness (QED) is 0.494. The molecule has 1 fully saturated rings. The number of para-hydroxylation sites is 2. The van der Waals surface area contributed by atoms with E-state index in [1.54, 1.807) is 19.9 Å². The van der Waals surface area contributed by atoms with Crippen LogP contribution in [0.5, 0.6) is 5.75 Å². The van der Waals surface area contributed by atoms with Crippen molar-refractivity contribution in [2.75, 3.05) is 25.5 Å². The number of nitrogens with zero attached hydrogens (tertiary/aromatic N) is 3. The molecule has 1 amide bonds. The van der Waals surface area contributed by atoms with E-state index in [2.05, 4.69) is 9.88 Å². The van der Waals surface area contributed by atoms with Crippen LogP contribution < -0.4 is 10.1 Å². The van der Waals surface area contributed by atoms with Crippen LogP contribution in [-0.4, -0.2) is 48.4 Å². The van der Waals surface area contributed by atoms with Crippen molar-refractivity contribution in [3.8, 4) is 5.75 Å². The van der Waals surface area contributed by atoms with Crippen LogP contribution in [0.2, 0.25) is 0 Å². The van der Waals surface area contributed by atoms with Gasteiger partial charge in [-0.3, -0.25) is 10.1 Å². The van der Waals surface area contributed by atoms with E-state index in [0.29, 0.717) is 19.0 Å². The number of sulfonamides is 1. The molecule has 2 aromatic carbocycles. The molecular weight excluding hydrogens is 452 g/mol. The van der Waals surface area contributed by atoms with Crippen LogP contribution in [-0.2, 0) is 10.0 Å². The van der Waals surface area contributed by atoms with Gasteiger partial charge in [0.05, 0.1) is 18.1 Å². The maximum atomic E-state index is 13.3. The Hall–Kier alpha value is -2.91. The second kappa shape index (κ2) is 10.1. The first-order valence-electron chi connectivity index (χ1n) is 11.9.